The van der Waals surface area contributed by atoms with E-state index in [1.165, 1.54) is 6.42 Å². The van der Waals surface area contributed by atoms with Crippen LogP contribution in [0.25, 0.3) is 43.6 Å². The van der Waals surface area contributed by atoms with Crippen molar-refractivity contribution in [1.29, 1.82) is 0 Å². The van der Waals surface area contributed by atoms with Gasteiger partial charge in [-0.25, -0.2) is 9.98 Å². The zero-order valence-corrected chi connectivity index (χ0v) is 26.9. The average molecular weight is 634 g/mol. The fourth-order valence-electron chi connectivity index (χ4n) is 6.71. The van der Waals surface area contributed by atoms with Crippen molar-refractivity contribution in [1.82, 2.24) is 9.13 Å². The standard InChI is InChI=1S/C34H22Cl2N4O2.C3H8/c1-3-39-21-11-7-5-9-17(21)25-23(39)15-13-19-31(25)41-33-27(35)30-34(28(36)29(33)37-19)42-32-20(38-30)14-16-24-26(32)18-10-6-8-12-22(18)40(24)4-2;1-3-2/h5-16H,3-4H2,1-2H3;3H2,1-2H3. The Kier molecular flexibility index (Phi) is 6.55. The minimum atomic E-state index is 0.316. The van der Waals surface area contributed by atoms with Crippen molar-refractivity contribution >= 4 is 78.2 Å². The van der Waals surface area contributed by atoms with Gasteiger partial charge in [0.1, 0.15) is 32.1 Å². The number of aryl methyl sites for hydroxylation is 2. The quantitative estimate of drug-likeness (QED) is 0.190. The van der Waals surface area contributed by atoms with Crippen LogP contribution in [-0.2, 0) is 13.1 Å². The molecule has 2 aliphatic heterocycles. The number of ether oxygens (including phenoxy) is 2. The molecule has 45 heavy (non-hydrogen) atoms. The monoisotopic (exact) mass is 632 g/mol. The second kappa shape index (κ2) is 10.5. The Hall–Kier alpha value is -4.52. The lowest BCUT2D eigenvalue weighted by atomic mass is 10.1. The Labute approximate surface area is 269 Å². The Morgan fingerprint density at radius 1 is 0.533 bits per heavy atom. The van der Waals surface area contributed by atoms with E-state index in [2.05, 4.69) is 85.4 Å². The lowest BCUT2D eigenvalue weighted by Gasteiger charge is -2.22. The van der Waals surface area contributed by atoms with E-state index in [1.54, 1.807) is 0 Å². The molecule has 0 N–H and O–H groups in total. The number of aromatic nitrogens is 2. The third-order valence-corrected chi connectivity index (χ3v) is 9.19. The van der Waals surface area contributed by atoms with Crippen molar-refractivity contribution in [2.45, 2.75) is 47.2 Å². The van der Waals surface area contributed by atoms with Gasteiger partial charge in [-0.15, -0.1) is 0 Å². The molecule has 0 unspecified atom stereocenters. The zero-order chi connectivity index (χ0) is 31.0. The summed E-state index contributed by atoms with van der Waals surface area (Å²) in [5, 5.41) is 5.70. The van der Waals surface area contributed by atoms with E-state index < -0.39 is 0 Å². The van der Waals surface area contributed by atoms with Crippen LogP contribution in [0.3, 0.4) is 0 Å². The Bertz CT molecular complexity index is 2320. The number of para-hydroxylation sites is 2. The lowest BCUT2D eigenvalue weighted by molar-refractivity contribution is 0.457. The van der Waals surface area contributed by atoms with Gasteiger partial charge in [-0.2, -0.15) is 0 Å². The van der Waals surface area contributed by atoms with Crippen LogP contribution in [0.15, 0.2) is 82.8 Å². The van der Waals surface area contributed by atoms with Gasteiger partial charge >= 0.3 is 0 Å². The summed E-state index contributed by atoms with van der Waals surface area (Å²) in [6, 6.07) is 24.8. The highest BCUT2D eigenvalue weighted by Gasteiger charge is 2.30. The van der Waals surface area contributed by atoms with Gasteiger partial charge in [0.25, 0.3) is 0 Å². The van der Waals surface area contributed by atoms with Gasteiger partial charge in [0.2, 0.25) is 0 Å². The summed E-state index contributed by atoms with van der Waals surface area (Å²) in [6.07, 6.45) is 1.25. The smallest absolute Gasteiger partial charge is 0.175 e. The van der Waals surface area contributed by atoms with Gasteiger partial charge in [0.15, 0.2) is 23.0 Å². The normalized spacial score (nSPS) is 12.8. The molecule has 0 bridgehead atoms. The third-order valence-electron chi connectivity index (χ3n) is 8.49. The first-order valence-corrected chi connectivity index (χ1v) is 16.2. The molecule has 0 spiro atoms. The molecule has 8 heteroatoms. The second-order valence-electron chi connectivity index (χ2n) is 11.3. The maximum Gasteiger partial charge on any atom is 0.175 e. The molecule has 5 aromatic carbocycles. The molecule has 9 rings (SSSR count). The lowest BCUT2D eigenvalue weighted by Crippen LogP contribution is -2.22. The average Bonchev–Trinajstić information content (AvgIpc) is 3.58. The summed E-state index contributed by atoms with van der Waals surface area (Å²) in [5.74, 6) is 2.08. The number of halogens is 2. The van der Waals surface area contributed by atoms with Crippen LogP contribution < -0.4 is 20.2 Å². The first-order chi connectivity index (χ1) is 22.0. The minimum absolute atomic E-state index is 0.316. The third kappa shape index (κ3) is 3.88. The predicted octanol–water partition coefficient (Wildman–Crippen LogP) is 10.8. The predicted molar refractivity (Wildman–Crippen MR) is 184 cm³/mol. The van der Waals surface area contributed by atoms with Crippen LogP contribution in [0.5, 0.6) is 23.0 Å². The summed E-state index contributed by atoms with van der Waals surface area (Å²) in [6.45, 7) is 10.2. The van der Waals surface area contributed by atoms with Gasteiger partial charge in [0.05, 0.1) is 21.8 Å². The van der Waals surface area contributed by atoms with Crippen molar-refractivity contribution in [2.24, 2.45) is 9.98 Å². The van der Waals surface area contributed by atoms with E-state index in [1.807, 2.05) is 24.3 Å². The Morgan fingerprint density at radius 3 is 1.33 bits per heavy atom. The van der Waals surface area contributed by atoms with Gasteiger partial charge in [0, 0.05) is 34.9 Å². The van der Waals surface area contributed by atoms with Crippen LogP contribution in [0, 0.1) is 0 Å². The number of hydrogen-bond donors (Lipinski definition) is 0. The maximum atomic E-state index is 7.06. The van der Waals surface area contributed by atoms with Gasteiger partial charge in [-0.1, -0.05) is 79.9 Å². The molecule has 4 heterocycles. The summed E-state index contributed by atoms with van der Waals surface area (Å²) in [7, 11) is 0. The highest BCUT2D eigenvalue weighted by molar-refractivity contribution is 6.35. The van der Waals surface area contributed by atoms with Crippen molar-refractivity contribution in [3.05, 3.63) is 93.6 Å². The van der Waals surface area contributed by atoms with Crippen LogP contribution in [-0.4, -0.2) is 9.13 Å². The maximum absolute atomic E-state index is 7.06. The van der Waals surface area contributed by atoms with Crippen LogP contribution in [0.4, 0.5) is 11.4 Å². The molecule has 6 nitrogen and oxygen atoms in total. The van der Waals surface area contributed by atoms with Gasteiger partial charge in [-0.05, 0) is 50.2 Å². The van der Waals surface area contributed by atoms with Crippen molar-refractivity contribution < 1.29 is 9.47 Å². The SMILES string of the molecule is CCC.CCn1c2ccccc2c2c3c(ccc21)N=c1c(Cl)c2c(c(Cl)c1O3)=Nc1ccc3c(c1O2)c1ccccc1n3CC. The summed E-state index contributed by atoms with van der Waals surface area (Å²) >= 11 is 14.1. The Balaban J connectivity index is 0.000000966. The van der Waals surface area contributed by atoms with E-state index in [0.717, 1.165) is 56.7 Å². The van der Waals surface area contributed by atoms with Gasteiger partial charge < -0.3 is 18.6 Å². The van der Waals surface area contributed by atoms with E-state index in [-0.39, 0.29) is 0 Å². The van der Waals surface area contributed by atoms with E-state index in [0.29, 0.717) is 55.1 Å². The number of benzene rings is 5. The van der Waals surface area contributed by atoms with E-state index in [9.17, 15) is 0 Å². The highest BCUT2D eigenvalue weighted by atomic mass is 35.5. The van der Waals surface area contributed by atoms with Crippen molar-refractivity contribution in [2.75, 3.05) is 0 Å². The topological polar surface area (TPSA) is 53.0 Å². The molecular formula is C37H30Cl2N4O2. The summed E-state index contributed by atoms with van der Waals surface area (Å²) in [4.78, 5) is 9.96. The molecule has 2 aliphatic rings. The first kappa shape index (κ1) is 28.0. The molecule has 0 aliphatic carbocycles. The number of hydrogen-bond acceptors (Lipinski definition) is 4. The minimum Gasteiger partial charge on any atom is -0.450 e. The van der Waals surface area contributed by atoms with Crippen molar-refractivity contribution in [3.63, 3.8) is 0 Å². The fraction of sp³-hybridized carbons (Fsp3) is 0.189. The first-order valence-electron chi connectivity index (χ1n) is 15.4. The molecule has 0 saturated heterocycles. The highest BCUT2D eigenvalue weighted by Crippen LogP contribution is 2.49. The number of rotatable bonds is 2. The van der Waals surface area contributed by atoms with E-state index >= 15 is 0 Å². The molecule has 0 atom stereocenters. The zero-order valence-electron chi connectivity index (χ0n) is 25.4. The van der Waals surface area contributed by atoms with Crippen molar-refractivity contribution in [3.8, 4) is 23.0 Å². The van der Waals surface area contributed by atoms with Crippen LogP contribution in [0.1, 0.15) is 34.1 Å². The summed E-state index contributed by atoms with van der Waals surface area (Å²) < 4.78 is 17.8. The number of fused-ring (bicyclic) bond motifs is 12. The summed E-state index contributed by atoms with van der Waals surface area (Å²) in [5.41, 5.74) is 5.81. The molecule has 7 aromatic rings. The molecule has 0 fully saturated rings. The van der Waals surface area contributed by atoms with Crippen LogP contribution in [0.2, 0.25) is 10.0 Å². The molecule has 2 aromatic heterocycles. The Morgan fingerprint density at radius 2 is 0.933 bits per heavy atom. The number of nitrogens with zero attached hydrogens (tertiary/aromatic N) is 4. The van der Waals surface area contributed by atoms with E-state index in [4.69, 9.17) is 42.7 Å². The molecular weight excluding hydrogens is 603 g/mol. The molecule has 0 saturated carbocycles. The molecule has 224 valence electrons. The van der Waals surface area contributed by atoms with Gasteiger partial charge in [-0.3, -0.25) is 0 Å². The van der Waals surface area contributed by atoms with Crippen LogP contribution >= 0.6 is 23.2 Å². The second-order valence-corrected chi connectivity index (χ2v) is 12.0. The largest absolute Gasteiger partial charge is 0.450 e. The fourth-order valence-corrected chi connectivity index (χ4v) is 7.22. The molecule has 0 radical (unpaired) electrons. The molecule has 0 amide bonds.